The maximum Gasteiger partial charge on any atom is 0.226 e. The third-order valence-electron chi connectivity index (χ3n) is 3.57. The Morgan fingerprint density at radius 3 is 3.10 bits per heavy atom. The average molecular weight is 296 g/mol. The van der Waals surface area contributed by atoms with Crippen LogP contribution in [-0.4, -0.2) is 23.2 Å². The van der Waals surface area contributed by atoms with E-state index in [1.807, 2.05) is 0 Å². The van der Waals surface area contributed by atoms with Crippen LogP contribution in [0.2, 0.25) is 5.02 Å². The summed E-state index contributed by atoms with van der Waals surface area (Å²) in [5.41, 5.74) is 0.589. The van der Waals surface area contributed by atoms with E-state index in [1.54, 1.807) is 6.07 Å². The predicted molar refractivity (Wildman–Crippen MR) is 74.0 cm³/mol. The van der Waals surface area contributed by atoms with Crippen LogP contribution in [0.25, 0.3) is 11.4 Å². The molecule has 4 nitrogen and oxygen atoms in total. The molecule has 1 N–H and O–H groups in total. The third-order valence-corrected chi connectivity index (χ3v) is 3.88. The second-order valence-electron chi connectivity index (χ2n) is 5.03. The van der Waals surface area contributed by atoms with Crippen molar-refractivity contribution >= 4 is 11.6 Å². The summed E-state index contributed by atoms with van der Waals surface area (Å²) in [7, 11) is 0. The lowest BCUT2D eigenvalue weighted by Gasteiger charge is -2.04. The van der Waals surface area contributed by atoms with Gasteiger partial charge in [0.2, 0.25) is 11.7 Å². The molecule has 106 valence electrons. The molecule has 6 heteroatoms. The normalized spacial score (nSPS) is 18.6. The minimum atomic E-state index is -0.379. The molecule has 0 aliphatic carbocycles. The summed E-state index contributed by atoms with van der Waals surface area (Å²) in [5.74, 6) is 1.32. The van der Waals surface area contributed by atoms with Gasteiger partial charge >= 0.3 is 0 Å². The summed E-state index contributed by atoms with van der Waals surface area (Å²) in [5, 5.41) is 7.54. The topological polar surface area (TPSA) is 51.0 Å². The average Bonchev–Trinajstić information content (AvgIpc) is 3.07. The van der Waals surface area contributed by atoms with E-state index >= 15 is 0 Å². The van der Waals surface area contributed by atoms with Gasteiger partial charge in [-0.1, -0.05) is 16.8 Å². The summed E-state index contributed by atoms with van der Waals surface area (Å²) in [6.45, 7) is 2.15. The Hall–Kier alpha value is -1.46. The first-order valence-corrected chi connectivity index (χ1v) is 7.09. The summed E-state index contributed by atoms with van der Waals surface area (Å²) in [6, 6.07) is 4.14. The highest BCUT2D eigenvalue weighted by Gasteiger charge is 2.17. The van der Waals surface area contributed by atoms with Crippen molar-refractivity contribution in [1.82, 2.24) is 15.5 Å². The Kier molecular flexibility index (Phi) is 3.98. The van der Waals surface area contributed by atoms with E-state index in [9.17, 15) is 4.39 Å². The highest BCUT2D eigenvalue weighted by atomic mass is 35.5. The van der Waals surface area contributed by atoms with Crippen LogP contribution < -0.4 is 5.32 Å². The number of aromatic nitrogens is 2. The molecular formula is C14H15ClFN3O. The second-order valence-corrected chi connectivity index (χ2v) is 5.44. The summed E-state index contributed by atoms with van der Waals surface area (Å²) < 4.78 is 18.2. The van der Waals surface area contributed by atoms with E-state index in [0.29, 0.717) is 23.2 Å². The van der Waals surface area contributed by atoms with Crippen molar-refractivity contribution in [3.8, 4) is 11.4 Å². The van der Waals surface area contributed by atoms with Gasteiger partial charge in [-0.05, 0) is 50.0 Å². The van der Waals surface area contributed by atoms with E-state index in [4.69, 9.17) is 16.1 Å². The molecule has 0 radical (unpaired) electrons. The standard InChI is InChI=1S/C14H15ClFN3O/c15-12-7-10(16)2-3-11(12)14-18-13(20-19-14)4-1-9-5-6-17-8-9/h2-3,7,9,17H,1,4-6,8H2. The largest absolute Gasteiger partial charge is 0.339 e. The number of aryl methyl sites for hydroxylation is 1. The fourth-order valence-corrected chi connectivity index (χ4v) is 2.68. The Morgan fingerprint density at radius 1 is 1.45 bits per heavy atom. The molecule has 1 fully saturated rings. The molecule has 3 rings (SSSR count). The molecule has 0 amide bonds. The highest BCUT2D eigenvalue weighted by molar-refractivity contribution is 6.33. The van der Waals surface area contributed by atoms with Crippen molar-refractivity contribution in [1.29, 1.82) is 0 Å². The van der Waals surface area contributed by atoms with Gasteiger partial charge in [-0.2, -0.15) is 4.98 Å². The third kappa shape index (κ3) is 2.99. The Morgan fingerprint density at radius 2 is 2.35 bits per heavy atom. The molecule has 1 aromatic carbocycles. The van der Waals surface area contributed by atoms with E-state index < -0.39 is 0 Å². The van der Waals surface area contributed by atoms with Gasteiger partial charge in [0, 0.05) is 12.0 Å². The Balaban J connectivity index is 1.69. The van der Waals surface area contributed by atoms with Crippen molar-refractivity contribution in [3.05, 3.63) is 34.9 Å². The van der Waals surface area contributed by atoms with Crippen molar-refractivity contribution in [3.63, 3.8) is 0 Å². The van der Waals surface area contributed by atoms with Gasteiger partial charge in [0.05, 0.1) is 5.02 Å². The lowest BCUT2D eigenvalue weighted by molar-refractivity contribution is 0.365. The van der Waals surface area contributed by atoms with Crippen LogP contribution in [0.1, 0.15) is 18.7 Å². The molecule has 2 heterocycles. The second kappa shape index (κ2) is 5.89. The zero-order valence-corrected chi connectivity index (χ0v) is 11.7. The zero-order valence-electron chi connectivity index (χ0n) is 10.9. The zero-order chi connectivity index (χ0) is 13.9. The van der Waals surface area contributed by atoms with Crippen LogP contribution in [0.15, 0.2) is 22.7 Å². The van der Waals surface area contributed by atoms with Crippen molar-refractivity contribution in [2.24, 2.45) is 5.92 Å². The van der Waals surface area contributed by atoms with E-state index in [0.717, 1.165) is 25.9 Å². The van der Waals surface area contributed by atoms with Crippen LogP contribution >= 0.6 is 11.6 Å². The molecule has 20 heavy (non-hydrogen) atoms. The van der Waals surface area contributed by atoms with Crippen molar-refractivity contribution in [2.45, 2.75) is 19.3 Å². The lowest BCUT2D eigenvalue weighted by atomic mass is 10.0. The van der Waals surface area contributed by atoms with E-state index in [1.165, 1.54) is 18.6 Å². The first-order chi connectivity index (χ1) is 9.72. The minimum Gasteiger partial charge on any atom is -0.339 e. The van der Waals surface area contributed by atoms with Gasteiger partial charge in [0.25, 0.3) is 0 Å². The number of benzene rings is 1. The van der Waals surface area contributed by atoms with Crippen LogP contribution in [0.5, 0.6) is 0 Å². The fourth-order valence-electron chi connectivity index (χ4n) is 2.43. The van der Waals surface area contributed by atoms with Gasteiger partial charge in [0.15, 0.2) is 0 Å². The van der Waals surface area contributed by atoms with E-state index in [2.05, 4.69) is 15.5 Å². The van der Waals surface area contributed by atoms with Crippen LogP contribution in [0.3, 0.4) is 0 Å². The lowest BCUT2D eigenvalue weighted by Crippen LogP contribution is -2.09. The fraction of sp³-hybridized carbons (Fsp3) is 0.429. The van der Waals surface area contributed by atoms with Gasteiger partial charge in [-0.25, -0.2) is 4.39 Å². The molecular weight excluding hydrogens is 281 g/mol. The maximum atomic E-state index is 13.0. The number of halogens is 2. The number of hydrogen-bond donors (Lipinski definition) is 1. The van der Waals surface area contributed by atoms with Crippen LogP contribution in [-0.2, 0) is 6.42 Å². The Labute approximate surface area is 121 Å². The van der Waals surface area contributed by atoms with Crippen molar-refractivity contribution < 1.29 is 8.91 Å². The van der Waals surface area contributed by atoms with E-state index in [-0.39, 0.29) is 10.8 Å². The van der Waals surface area contributed by atoms with Gasteiger partial charge in [-0.3, -0.25) is 0 Å². The summed E-state index contributed by atoms with van der Waals surface area (Å²) in [4.78, 5) is 4.33. The smallest absolute Gasteiger partial charge is 0.226 e. The summed E-state index contributed by atoms with van der Waals surface area (Å²) in [6.07, 6.45) is 2.99. The highest BCUT2D eigenvalue weighted by Crippen LogP contribution is 2.26. The summed E-state index contributed by atoms with van der Waals surface area (Å²) >= 11 is 5.98. The van der Waals surface area contributed by atoms with Gasteiger partial charge < -0.3 is 9.84 Å². The monoisotopic (exact) mass is 295 g/mol. The first-order valence-electron chi connectivity index (χ1n) is 6.71. The molecule has 1 atom stereocenters. The first kappa shape index (κ1) is 13.5. The van der Waals surface area contributed by atoms with Gasteiger partial charge in [-0.15, -0.1) is 0 Å². The molecule has 1 saturated heterocycles. The van der Waals surface area contributed by atoms with Crippen LogP contribution in [0, 0.1) is 11.7 Å². The number of rotatable bonds is 4. The number of nitrogens with zero attached hydrogens (tertiary/aromatic N) is 2. The Bertz CT molecular complexity index is 596. The number of hydrogen-bond acceptors (Lipinski definition) is 4. The predicted octanol–water partition coefficient (Wildman–Crippen LogP) is 3.07. The maximum absolute atomic E-state index is 13.0. The molecule has 1 aliphatic heterocycles. The molecule has 1 aliphatic rings. The SMILES string of the molecule is Fc1ccc(-c2noc(CCC3CCNC3)n2)c(Cl)c1. The quantitative estimate of drug-likeness (QED) is 0.942. The number of nitrogens with one attached hydrogen (secondary N) is 1. The molecule has 1 aromatic heterocycles. The molecule has 1 unspecified atom stereocenters. The molecule has 0 saturated carbocycles. The molecule has 0 bridgehead atoms. The van der Waals surface area contributed by atoms with Gasteiger partial charge in [0.1, 0.15) is 5.82 Å². The minimum absolute atomic E-state index is 0.289. The molecule has 2 aromatic rings. The molecule has 0 spiro atoms. The van der Waals surface area contributed by atoms with Crippen LogP contribution in [0.4, 0.5) is 4.39 Å². The van der Waals surface area contributed by atoms with Crippen molar-refractivity contribution in [2.75, 3.05) is 13.1 Å².